The molecule has 0 spiro atoms. The minimum absolute atomic E-state index is 0.0584. The molecule has 8 nitrogen and oxygen atoms in total. The molecular formula is C25H37N5O3S. The number of nitrogens with one attached hydrogen (secondary N) is 2. The van der Waals surface area contributed by atoms with Gasteiger partial charge in [0.05, 0.1) is 36.5 Å². The molecule has 0 bridgehead atoms. The summed E-state index contributed by atoms with van der Waals surface area (Å²) in [7, 11) is 0. The quantitative estimate of drug-likeness (QED) is 0.229. The fraction of sp³-hybridized carbons (Fsp3) is 0.560. The van der Waals surface area contributed by atoms with Crippen LogP contribution in [0.3, 0.4) is 0 Å². The molecule has 0 aliphatic carbocycles. The third kappa shape index (κ3) is 10.7. The number of hydrogen-bond acceptors (Lipinski definition) is 8. The Morgan fingerprint density at radius 1 is 1.38 bits per heavy atom. The monoisotopic (exact) mass is 487 g/mol. The van der Waals surface area contributed by atoms with Crippen LogP contribution in [0, 0.1) is 29.6 Å². The van der Waals surface area contributed by atoms with Crippen molar-refractivity contribution in [2.45, 2.75) is 30.9 Å². The number of aldehydes is 1. The van der Waals surface area contributed by atoms with Gasteiger partial charge in [0.1, 0.15) is 12.2 Å². The molecule has 1 aromatic carbocycles. The Labute approximate surface area is 208 Å². The number of ether oxygens (including phenoxy) is 1. The molecule has 9 heteroatoms. The molecule has 4 N–H and O–H groups in total. The van der Waals surface area contributed by atoms with Gasteiger partial charge in [0.15, 0.2) is 0 Å². The van der Waals surface area contributed by atoms with E-state index in [9.17, 15) is 14.9 Å². The lowest BCUT2D eigenvalue weighted by Crippen LogP contribution is -2.42. The summed E-state index contributed by atoms with van der Waals surface area (Å²) in [5.74, 6) is 0.924. The highest BCUT2D eigenvalue weighted by Gasteiger charge is 2.31. The van der Waals surface area contributed by atoms with Crippen molar-refractivity contribution in [3.05, 3.63) is 35.4 Å². The maximum atomic E-state index is 12.4. The number of benzene rings is 1. The molecule has 1 aromatic rings. The van der Waals surface area contributed by atoms with Crippen molar-refractivity contribution in [3.8, 4) is 18.4 Å². The maximum Gasteiger partial charge on any atom is 0.240 e. The van der Waals surface area contributed by atoms with Crippen LogP contribution in [0.2, 0.25) is 0 Å². The van der Waals surface area contributed by atoms with Gasteiger partial charge in [-0.05, 0) is 30.6 Å². The zero-order valence-electron chi connectivity index (χ0n) is 20.2. The van der Waals surface area contributed by atoms with Gasteiger partial charge < -0.3 is 25.9 Å². The van der Waals surface area contributed by atoms with E-state index < -0.39 is 22.4 Å². The molecule has 3 atom stereocenters. The summed E-state index contributed by atoms with van der Waals surface area (Å²) in [6.07, 6.45) is 6.94. The van der Waals surface area contributed by atoms with Gasteiger partial charge >= 0.3 is 0 Å². The highest BCUT2D eigenvalue weighted by atomic mass is 32.2. The molecule has 1 aliphatic heterocycles. The van der Waals surface area contributed by atoms with Crippen LogP contribution in [-0.2, 0) is 20.7 Å². The molecule has 1 aliphatic rings. The second-order valence-electron chi connectivity index (χ2n) is 7.56. The number of carbonyl (C=O) groups is 2. The maximum absolute atomic E-state index is 12.4. The zero-order chi connectivity index (χ0) is 25.2. The molecule has 1 saturated heterocycles. The normalized spacial score (nSPS) is 16.0. The molecule has 1 heterocycles. The highest BCUT2D eigenvalue weighted by Crippen LogP contribution is 2.33. The molecule has 186 valence electrons. The highest BCUT2D eigenvalue weighted by molar-refractivity contribution is 8.00. The van der Waals surface area contributed by atoms with E-state index in [-0.39, 0.29) is 6.54 Å². The number of amides is 1. The van der Waals surface area contributed by atoms with Crippen molar-refractivity contribution < 1.29 is 14.3 Å². The van der Waals surface area contributed by atoms with Crippen LogP contribution in [0.15, 0.2) is 24.3 Å². The van der Waals surface area contributed by atoms with Crippen molar-refractivity contribution in [2.24, 2.45) is 11.7 Å². The standard InChI is InChI=1S/C23H30N4O3S.C2H7N/c1-3-9-26-22(29)20(16-24)23(25-4-2)31-21(17-28)19-7-5-6-18(15-19)8-10-27-11-13-30-14-12-27;1-2-3/h1,5-7,15,17,20-21,23,25H,4,8-14H2,2H3,(H,26,29);2-3H2,1H3/t20?,21?,23-;/m0./s1. The van der Waals surface area contributed by atoms with Crippen molar-refractivity contribution in [2.75, 3.05) is 52.5 Å². The third-order valence-electron chi connectivity index (χ3n) is 5.01. The number of morpholine rings is 1. The van der Waals surface area contributed by atoms with E-state index in [1.54, 1.807) is 0 Å². The van der Waals surface area contributed by atoms with Crippen molar-refractivity contribution in [1.82, 2.24) is 15.5 Å². The Morgan fingerprint density at radius 3 is 2.68 bits per heavy atom. The Bertz CT molecular complexity index is 818. The van der Waals surface area contributed by atoms with E-state index >= 15 is 0 Å². The third-order valence-corrected chi connectivity index (χ3v) is 6.42. The summed E-state index contributed by atoms with van der Waals surface area (Å²) < 4.78 is 5.39. The summed E-state index contributed by atoms with van der Waals surface area (Å²) in [4.78, 5) is 26.7. The zero-order valence-corrected chi connectivity index (χ0v) is 21.0. The first kappa shape index (κ1) is 29.6. The first-order chi connectivity index (χ1) is 16.5. The van der Waals surface area contributed by atoms with Gasteiger partial charge in [-0.3, -0.25) is 9.69 Å². The van der Waals surface area contributed by atoms with Gasteiger partial charge in [-0.1, -0.05) is 44.0 Å². The summed E-state index contributed by atoms with van der Waals surface area (Å²) in [6.45, 7) is 9.52. The van der Waals surface area contributed by atoms with E-state index in [2.05, 4.69) is 27.5 Å². The molecule has 0 aromatic heterocycles. The Hall–Kier alpha value is -2.40. The minimum Gasteiger partial charge on any atom is -0.379 e. The van der Waals surface area contributed by atoms with Gasteiger partial charge in [-0.25, -0.2) is 0 Å². The number of nitriles is 1. The number of thioether (sulfide) groups is 1. The van der Waals surface area contributed by atoms with E-state index in [0.29, 0.717) is 6.54 Å². The lowest BCUT2D eigenvalue weighted by Gasteiger charge is -2.26. The molecular weight excluding hydrogens is 450 g/mol. The number of nitrogens with two attached hydrogens (primary N) is 1. The average molecular weight is 488 g/mol. The van der Waals surface area contributed by atoms with Crippen LogP contribution in [0.25, 0.3) is 0 Å². The van der Waals surface area contributed by atoms with Crippen molar-refractivity contribution in [1.29, 1.82) is 5.26 Å². The topological polar surface area (TPSA) is 120 Å². The van der Waals surface area contributed by atoms with E-state index in [1.165, 1.54) is 11.8 Å². The molecule has 0 saturated carbocycles. The van der Waals surface area contributed by atoms with Gasteiger partial charge in [-0.2, -0.15) is 5.26 Å². The van der Waals surface area contributed by atoms with Crippen LogP contribution >= 0.6 is 11.8 Å². The first-order valence-corrected chi connectivity index (χ1v) is 12.5. The lowest BCUT2D eigenvalue weighted by molar-refractivity contribution is -0.123. The van der Waals surface area contributed by atoms with Gasteiger partial charge in [0.25, 0.3) is 0 Å². The van der Waals surface area contributed by atoms with E-state index in [0.717, 1.165) is 63.2 Å². The Morgan fingerprint density at radius 2 is 2.09 bits per heavy atom. The van der Waals surface area contributed by atoms with Crippen molar-refractivity contribution >= 4 is 24.0 Å². The number of carbonyl (C=O) groups excluding carboxylic acids is 2. The summed E-state index contributed by atoms with van der Waals surface area (Å²) in [5.41, 5.74) is 6.86. The summed E-state index contributed by atoms with van der Waals surface area (Å²) in [5, 5.41) is 14.2. The largest absolute Gasteiger partial charge is 0.379 e. The smallest absolute Gasteiger partial charge is 0.240 e. The Kier molecular flexibility index (Phi) is 15.7. The summed E-state index contributed by atoms with van der Waals surface area (Å²) >= 11 is 1.28. The van der Waals surface area contributed by atoms with Crippen LogP contribution in [0.5, 0.6) is 0 Å². The van der Waals surface area contributed by atoms with E-state index in [4.69, 9.17) is 16.9 Å². The van der Waals surface area contributed by atoms with E-state index in [1.807, 2.05) is 38.1 Å². The second-order valence-corrected chi connectivity index (χ2v) is 8.84. The number of terminal acetylenes is 1. The molecule has 34 heavy (non-hydrogen) atoms. The number of hydrogen-bond donors (Lipinski definition) is 3. The predicted octanol–water partition coefficient (Wildman–Crippen LogP) is 1.32. The molecule has 0 radical (unpaired) electrons. The van der Waals surface area contributed by atoms with Crippen LogP contribution in [-0.4, -0.2) is 74.9 Å². The van der Waals surface area contributed by atoms with Gasteiger partial charge in [0, 0.05) is 19.6 Å². The number of nitrogens with zero attached hydrogens (tertiary/aromatic N) is 2. The van der Waals surface area contributed by atoms with Gasteiger partial charge in [-0.15, -0.1) is 18.2 Å². The number of rotatable bonds is 12. The molecule has 2 rings (SSSR count). The lowest BCUT2D eigenvalue weighted by atomic mass is 10.1. The predicted molar refractivity (Wildman–Crippen MR) is 137 cm³/mol. The van der Waals surface area contributed by atoms with Gasteiger partial charge in [0.2, 0.25) is 5.91 Å². The fourth-order valence-corrected chi connectivity index (χ4v) is 4.63. The van der Waals surface area contributed by atoms with Crippen LogP contribution in [0.4, 0.5) is 0 Å². The first-order valence-electron chi connectivity index (χ1n) is 11.6. The summed E-state index contributed by atoms with van der Waals surface area (Å²) in [6, 6.07) is 10.0. The average Bonchev–Trinajstić information content (AvgIpc) is 2.86. The van der Waals surface area contributed by atoms with Crippen molar-refractivity contribution in [3.63, 3.8) is 0 Å². The van der Waals surface area contributed by atoms with Crippen LogP contribution in [0.1, 0.15) is 30.2 Å². The fourth-order valence-electron chi connectivity index (χ4n) is 3.34. The van der Waals surface area contributed by atoms with Crippen LogP contribution < -0.4 is 16.4 Å². The Balaban J connectivity index is 0.00000182. The molecule has 1 fully saturated rings. The second kappa shape index (κ2) is 18.0. The molecule has 1 amide bonds. The molecule has 2 unspecified atom stereocenters. The minimum atomic E-state index is -0.967. The SMILES string of the molecule is C#CCNC(=O)C(C#N)[C@@H](NCC)SC(C=O)c1cccc(CCN2CCOCC2)c1.CCN.